The van der Waals surface area contributed by atoms with Gasteiger partial charge < -0.3 is 5.32 Å². The van der Waals surface area contributed by atoms with Crippen LogP contribution in [0.1, 0.15) is 24.1 Å². The Morgan fingerprint density at radius 3 is 2.45 bits per heavy atom. The molecule has 106 valence electrons. The first-order valence-electron chi connectivity index (χ1n) is 6.16. The minimum absolute atomic E-state index is 0.261. The van der Waals surface area contributed by atoms with Crippen LogP contribution in [0.15, 0.2) is 40.9 Å². The highest BCUT2D eigenvalue weighted by molar-refractivity contribution is 9.10. The molecule has 5 heteroatoms. The van der Waals surface area contributed by atoms with Gasteiger partial charge in [0, 0.05) is 15.1 Å². The zero-order valence-electron chi connectivity index (χ0n) is 10.8. The summed E-state index contributed by atoms with van der Waals surface area (Å²) >= 11 is 15.2. The van der Waals surface area contributed by atoms with Gasteiger partial charge in [0.25, 0.3) is 0 Å². The maximum atomic E-state index is 14.2. The summed E-state index contributed by atoms with van der Waals surface area (Å²) in [5.74, 6) is -0.304. The molecule has 1 N–H and O–H groups in total. The maximum Gasteiger partial charge on any atom is 0.129 e. The molecule has 0 fully saturated rings. The zero-order valence-corrected chi connectivity index (χ0v) is 13.9. The highest BCUT2D eigenvalue weighted by atomic mass is 79.9. The predicted molar refractivity (Wildman–Crippen MR) is 86.1 cm³/mol. The lowest BCUT2D eigenvalue weighted by Crippen LogP contribution is -2.23. The minimum atomic E-state index is -0.304. The molecule has 0 amide bonds. The van der Waals surface area contributed by atoms with Gasteiger partial charge in [-0.15, -0.1) is 0 Å². The van der Waals surface area contributed by atoms with Crippen LogP contribution < -0.4 is 5.32 Å². The van der Waals surface area contributed by atoms with Crippen LogP contribution >= 0.6 is 39.1 Å². The quantitative estimate of drug-likeness (QED) is 0.685. The van der Waals surface area contributed by atoms with Crippen molar-refractivity contribution < 1.29 is 4.39 Å². The van der Waals surface area contributed by atoms with Crippen LogP contribution in [0.25, 0.3) is 0 Å². The summed E-state index contributed by atoms with van der Waals surface area (Å²) in [5.41, 5.74) is 1.45. The Labute approximate surface area is 136 Å². The third-order valence-corrected chi connectivity index (χ3v) is 4.41. The fraction of sp³-hybridized carbons (Fsp3) is 0.200. The summed E-state index contributed by atoms with van der Waals surface area (Å²) < 4.78 is 14.8. The SMILES string of the molecule is CCNC(c1ccc(Cl)cc1)c1cc(Cl)c(Br)cc1F. The number of nitrogens with one attached hydrogen (secondary N) is 1. The number of hydrogen-bond donors (Lipinski definition) is 1. The van der Waals surface area contributed by atoms with E-state index in [-0.39, 0.29) is 11.9 Å². The third kappa shape index (κ3) is 3.53. The van der Waals surface area contributed by atoms with Crippen molar-refractivity contribution in [3.63, 3.8) is 0 Å². The van der Waals surface area contributed by atoms with E-state index in [9.17, 15) is 4.39 Å². The Kier molecular flexibility index (Phi) is 5.44. The van der Waals surface area contributed by atoms with Gasteiger partial charge in [-0.2, -0.15) is 0 Å². The van der Waals surface area contributed by atoms with Crippen molar-refractivity contribution in [1.82, 2.24) is 5.32 Å². The van der Waals surface area contributed by atoms with Gasteiger partial charge in [-0.25, -0.2) is 4.39 Å². The van der Waals surface area contributed by atoms with E-state index in [0.717, 1.165) is 5.56 Å². The molecule has 1 atom stereocenters. The Morgan fingerprint density at radius 1 is 1.20 bits per heavy atom. The van der Waals surface area contributed by atoms with Crippen LogP contribution in [0, 0.1) is 5.82 Å². The number of halogens is 4. The highest BCUT2D eigenvalue weighted by Crippen LogP contribution is 2.32. The van der Waals surface area contributed by atoms with Crippen molar-refractivity contribution in [2.45, 2.75) is 13.0 Å². The molecule has 0 bridgehead atoms. The largest absolute Gasteiger partial charge is 0.306 e. The third-order valence-electron chi connectivity index (χ3n) is 2.96. The lowest BCUT2D eigenvalue weighted by molar-refractivity contribution is 0.558. The monoisotopic (exact) mass is 375 g/mol. The molecule has 2 aromatic rings. The molecule has 0 aliphatic heterocycles. The molecule has 1 unspecified atom stereocenters. The zero-order chi connectivity index (χ0) is 14.7. The van der Waals surface area contributed by atoms with E-state index in [1.54, 1.807) is 18.2 Å². The topological polar surface area (TPSA) is 12.0 Å². The molecule has 0 saturated carbocycles. The summed E-state index contributed by atoms with van der Waals surface area (Å²) in [6, 6.07) is 10.1. The normalized spacial score (nSPS) is 12.4. The van der Waals surface area contributed by atoms with Crippen molar-refractivity contribution in [2.24, 2.45) is 0 Å². The van der Waals surface area contributed by atoms with E-state index in [2.05, 4.69) is 21.2 Å². The van der Waals surface area contributed by atoms with Gasteiger partial charge in [-0.1, -0.05) is 42.3 Å². The average Bonchev–Trinajstić information content (AvgIpc) is 2.42. The van der Waals surface area contributed by atoms with Crippen LogP contribution in [0.4, 0.5) is 4.39 Å². The van der Waals surface area contributed by atoms with Crippen molar-refractivity contribution in [3.8, 4) is 0 Å². The van der Waals surface area contributed by atoms with E-state index in [4.69, 9.17) is 23.2 Å². The first-order chi connectivity index (χ1) is 9.52. The lowest BCUT2D eigenvalue weighted by Gasteiger charge is -2.20. The summed E-state index contributed by atoms with van der Waals surface area (Å²) in [5, 5.41) is 4.40. The fourth-order valence-electron chi connectivity index (χ4n) is 2.03. The second kappa shape index (κ2) is 6.90. The fourth-order valence-corrected chi connectivity index (χ4v) is 2.64. The molecule has 0 radical (unpaired) electrons. The smallest absolute Gasteiger partial charge is 0.129 e. The second-order valence-corrected chi connectivity index (χ2v) is 6.03. The van der Waals surface area contributed by atoms with E-state index in [0.29, 0.717) is 26.6 Å². The maximum absolute atomic E-state index is 14.2. The van der Waals surface area contributed by atoms with Crippen molar-refractivity contribution in [3.05, 3.63) is 67.9 Å². The molecule has 20 heavy (non-hydrogen) atoms. The van der Waals surface area contributed by atoms with Crippen LogP contribution in [0.3, 0.4) is 0 Å². The van der Waals surface area contributed by atoms with Gasteiger partial charge in [-0.05, 0) is 52.3 Å². The predicted octanol–water partition coefficient (Wildman–Crippen LogP) is 5.59. The van der Waals surface area contributed by atoms with Crippen molar-refractivity contribution in [2.75, 3.05) is 6.54 Å². The highest BCUT2D eigenvalue weighted by Gasteiger charge is 2.18. The van der Waals surface area contributed by atoms with Gasteiger partial charge in [0.05, 0.1) is 11.1 Å². The number of benzene rings is 2. The molecule has 0 aromatic heterocycles. The van der Waals surface area contributed by atoms with E-state index in [1.165, 1.54) is 6.07 Å². The molecule has 2 aromatic carbocycles. The number of hydrogen-bond acceptors (Lipinski definition) is 1. The van der Waals surface area contributed by atoms with Crippen LogP contribution in [-0.2, 0) is 0 Å². The summed E-state index contributed by atoms with van der Waals surface area (Å²) in [7, 11) is 0. The lowest BCUT2D eigenvalue weighted by atomic mass is 9.98. The van der Waals surface area contributed by atoms with Gasteiger partial charge >= 0.3 is 0 Å². The summed E-state index contributed by atoms with van der Waals surface area (Å²) in [6.45, 7) is 2.68. The molecule has 0 saturated heterocycles. The van der Waals surface area contributed by atoms with Crippen LogP contribution in [0.5, 0.6) is 0 Å². The van der Waals surface area contributed by atoms with E-state index < -0.39 is 0 Å². The van der Waals surface area contributed by atoms with Crippen LogP contribution in [0.2, 0.25) is 10.0 Å². The van der Waals surface area contributed by atoms with Gasteiger partial charge in [-0.3, -0.25) is 0 Å². The Hall–Kier alpha value is -0.610. The second-order valence-electron chi connectivity index (χ2n) is 4.33. The summed E-state index contributed by atoms with van der Waals surface area (Å²) in [4.78, 5) is 0. The molecular formula is C15H13BrCl2FN. The number of rotatable bonds is 4. The van der Waals surface area contributed by atoms with Gasteiger partial charge in [0.2, 0.25) is 0 Å². The molecule has 0 aliphatic carbocycles. The minimum Gasteiger partial charge on any atom is -0.306 e. The average molecular weight is 377 g/mol. The Morgan fingerprint density at radius 2 is 1.85 bits per heavy atom. The first kappa shape index (κ1) is 15.8. The summed E-state index contributed by atoms with van der Waals surface area (Å²) in [6.07, 6.45) is 0. The molecule has 0 heterocycles. The molecule has 1 nitrogen and oxygen atoms in total. The molecular weight excluding hydrogens is 364 g/mol. The van der Waals surface area contributed by atoms with Crippen LogP contribution in [-0.4, -0.2) is 6.54 Å². The van der Waals surface area contributed by atoms with Crippen molar-refractivity contribution in [1.29, 1.82) is 0 Å². The Balaban J connectivity index is 2.48. The Bertz CT molecular complexity index is 602. The van der Waals surface area contributed by atoms with Gasteiger partial charge in [0.1, 0.15) is 5.82 Å². The van der Waals surface area contributed by atoms with E-state index in [1.807, 2.05) is 19.1 Å². The van der Waals surface area contributed by atoms with Gasteiger partial charge in [0.15, 0.2) is 0 Å². The molecule has 0 aliphatic rings. The molecule has 0 spiro atoms. The molecule has 2 rings (SSSR count). The van der Waals surface area contributed by atoms with Crippen molar-refractivity contribution >= 4 is 39.1 Å². The first-order valence-corrected chi connectivity index (χ1v) is 7.71. The standard InChI is InChI=1S/C15H13BrCl2FN/c1-2-20-15(9-3-5-10(17)6-4-9)11-7-13(18)12(16)8-14(11)19/h3-8,15,20H,2H2,1H3. The van der Waals surface area contributed by atoms with E-state index >= 15 is 0 Å².